The van der Waals surface area contributed by atoms with E-state index in [1.807, 2.05) is 11.8 Å². The predicted molar refractivity (Wildman–Crippen MR) is 139 cm³/mol. The van der Waals surface area contributed by atoms with Crippen LogP contribution < -0.4 is 5.32 Å². The monoisotopic (exact) mass is 515 g/mol. The first-order valence-electron chi connectivity index (χ1n) is 11.7. The normalized spacial score (nSPS) is 34.1. The van der Waals surface area contributed by atoms with Gasteiger partial charge in [-0.25, -0.2) is 0 Å². The first-order chi connectivity index (χ1) is 14.9. The molecule has 1 aliphatic heterocycles. The zero-order chi connectivity index (χ0) is 21.6. The van der Waals surface area contributed by atoms with Gasteiger partial charge in [0.2, 0.25) is 5.91 Å². The number of aliphatic imine (C=N–C) groups is 1. The summed E-state index contributed by atoms with van der Waals surface area (Å²) in [6, 6.07) is 5.33. The molecule has 5 fully saturated rings. The van der Waals surface area contributed by atoms with Crippen molar-refractivity contribution in [2.24, 2.45) is 22.7 Å². The van der Waals surface area contributed by atoms with Crippen molar-refractivity contribution in [2.45, 2.75) is 69.9 Å². The number of anilines is 1. The molecule has 1 aromatic carbocycles. The molecule has 4 aliphatic carbocycles. The first-order valence-corrected chi connectivity index (χ1v) is 13.4. The average Bonchev–Trinajstić information content (AvgIpc) is 3.00. The van der Waals surface area contributed by atoms with Gasteiger partial charge < -0.3 is 10.2 Å². The molecule has 5 aliphatic rings. The Balaban J connectivity index is 0.00000245. The van der Waals surface area contributed by atoms with Crippen LogP contribution in [0.2, 0.25) is 10.0 Å². The minimum absolute atomic E-state index is 0. The highest BCUT2D eigenvalue weighted by Crippen LogP contribution is 2.57. The number of benzene rings is 1. The van der Waals surface area contributed by atoms with Crippen LogP contribution in [-0.4, -0.2) is 39.9 Å². The molecule has 1 N–H and O–H groups in total. The lowest BCUT2D eigenvalue weighted by atomic mass is 9.53. The molecular weight excluding hydrogens is 485 g/mol. The molecule has 0 aromatic heterocycles. The lowest BCUT2D eigenvalue weighted by Gasteiger charge is -2.55. The molecule has 6 rings (SSSR count). The number of carbonyl (C=O) groups excluding carboxylic acids is 1. The maximum Gasteiger partial charge on any atom is 0.226 e. The minimum atomic E-state index is 0. The van der Waals surface area contributed by atoms with Crippen LogP contribution >= 0.6 is 47.4 Å². The summed E-state index contributed by atoms with van der Waals surface area (Å²) in [5, 5.41) is 5.21. The zero-order valence-corrected chi connectivity index (χ0v) is 21.6. The molecule has 4 bridgehead atoms. The Morgan fingerprint density at radius 1 is 1.12 bits per heavy atom. The Bertz CT molecular complexity index is 838. The Morgan fingerprint density at radius 2 is 1.72 bits per heavy atom. The van der Waals surface area contributed by atoms with E-state index in [-0.39, 0.29) is 29.9 Å². The molecule has 1 atom stereocenters. The van der Waals surface area contributed by atoms with Crippen LogP contribution in [0.3, 0.4) is 0 Å². The van der Waals surface area contributed by atoms with Crippen LogP contribution in [0.25, 0.3) is 0 Å². The zero-order valence-electron chi connectivity index (χ0n) is 18.5. The van der Waals surface area contributed by atoms with Crippen LogP contribution in [0, 0.1) is 17.8 Å². The Labute approximate surface area is 211 Å². The number of nitrogens with one attached hydrogen (secondary N) is 1. The smallest absolute Gasteiger partial charge is 0.226 e. The van der Waals surface area contributed by atoms with Crippen LogP contribution in [0.1, 0.15) is 58.3 Å². The number of halogens is 3. The average molecular weight is 517 g/mol. The van der Waals surface area contributed by atoms with Crippen LogP contribution in [0.5, 0.6) is 0 Å². The summed E-state index contributed by atoms with van der Waals surface area (Å²) in [5.41, 5.74) is 0.829. The van der Waals surface area contributed by atoms with Gasteiger partial charge >= 0.3 is 0 Å². The third-order valence-corrected chi connectivity index (χ3v) is 9.03. The van der Waals surface area contributed by atoms with Gasteiger partial charge in [-0.15, -0.1) is 12.4 Å². The molecule has 1 amide bonds. The van der Waals surface area contributed by atoms with Crippen molar-refractivity contribution >= 4 is 64.1 Å². The third kappa shape index (κ3) is 5.21. The van der Waals surface area contributed by atoms with Gasteiger partial charge in [0.15, 0.2) is 5.17 Å². The standard InChI is InChI=1S/C24H31Cl2N3OS.ClH/c1-2-3-29-21(10-22(30)27-20-8-18(25)7-19(26)9-20)14-31-23(29)28-24-11-15-4-16(12-24)6-17(5-15)13-24;/h7-9,15-17,21H,2-6,10-14H2,1H3,(H,27,30);1H/b28-23-;. The van der Waals surface area contributed by atoms with Crippen molar-refractivity contribution < 1.29 is 4.79 Å². The van der Waals surface area contributed by atoms with E-state index in [1.165, 1.54) is 43.7 Å². The topological polar surface area (TPSA) is 44.7 Å². The Kier molecular flexibility index (Phi) is 7.61. The summed E-state index contributed by atoms with van der Waals surface area (Å²) < 4.78 is 0. The first kappa shape index (κ1) is 24.5. The lowest BCUT2D eigenvalue weighted by molar-refractivity contribution is -0.116. The maximum absolute atomic E-state index is 12.8. The van der Waals surface area contributed by atoms with E-state index in [1.54, 1.807) is 18.2 Å². The number of nitrogens with zero attached hydrogens (tertiary/aromatic N) is 2. The SMILES string of the molecule is CCCN1/C(=N/C23CC4CC(CC(C4)C2)C3)SCC1CC(=O)Nc1cc(Cl)cc(Cl)c1.Cl. The number of thioether (sulfide) groups is 1. The summed E-state index contributed by atoms with van der Waals surface area (Å²) in [5.74, 6) is 3.61. The van der Waals surface area contributed by atoms with Gasteiger partial charge in [0, 0.05) is 40.5 Å². The van der Waals surface area contributed by atoms with Crippen molar-refractivity contribution in [3.63, 3.8) is 0 Å². The van der Waals surface area contributed by atoms with Gasteiger partial charge in [0.05, 0.1) is 5.54 Å². The van der Waals surface area contributed by atoms with Crippen molar-refractivity contribution in [2.75, 3.05) is 17.6 Å². The number of hydrogen-bond acceptors (Lipinski definition) is 3. The lowest BCUT2D eigenvalue weighted by Crippen LogP contribution is -2.50. The second-order valence-corrected chi connectivity index (χ2v) is 12.0. The van der Waals surface area contributed by atoms with E-state index in [4.69, 9.17) is 28.2 Å². The number of hydrogen-bond donors (Lipinski definition) is 1. The number of carbonyl (C=O) groups is 1. The molecule has 0 radical (unpaired) electrons. The van der Waals surface area contributed by atoms with Crippen LogP contribution in [-0.2, 0) is 4.79 Å². The second-order valence-electron chi connectivity index (χ2n) is 10.1. The van der Waals surface area contributed by atoms with Gasteiger partial charge in [-0.05, 0) is 80.9 Å². The molecule has 1 saturated heterocycles. The number of rotatable bonds is 6. The molecule has 1 aromatic rings. The van der Waals surface area contributed by atoms with E-state index < -0.39 is 0 Å². The molecule has 32 heavy (non-hydrogen) atoms. The molecule has 0 spiro atoms. The minimum Gasteiger partial charge on any atom is -0.347 e. The number of amidine groups is 1. The van der Waals surface area contributed by atoms with Gasteiger partial charge in [-0.2, -0.15) is 0 Å². The molecule has 8 heteroatoms. The van der Waals surface area contributed by atoms with Crippen molar-refractivity contribution in [1.82, 2.24) is 4.90 Å². The quantitative estimate of drug-likeness (QED) is 0.447. The molecule has 1 heterocycles. The molecule has 4 saturated carbocycles. The second kappa shape index (κ2) is 9.93. The number of amides is 1. The van der Waals surface area contributed by atoms with Gasteiger partial charge in [-0.1, -0.05) is 41.9 Å². The van der Waals surface area contributed by atoms with Crippen molar-refractivity contribution in [3.8, 4) is 0 Å². The summed E-state index contributed by atoms with van der Waals surface area (Å²) >= 11 is 14.0. The maximum atomic E-state index is 12.8. The Hall–Kier alpha value is -0.620. The largest absolute Gasteiger partial charge is 0.347 e. The summed E-state index contributed by atoms with van der Waals surface area (Å²) in [7, 11) is 0. The van der Waals surface area contributed by atoms with Crippen molar-refractivity contribution in [3.05, 3.63) is 28.2 Å². The van der Waals surface area contributed by atoms with Gasteiger partial charge in [-0.3, -0.25) is 9.79 Å². The molecule has 1 unspecified atom stereocenters. The highest BCUT2D eigenvalue weighted by molar-refractivity contribution is 8.14. The summed E-state index contributed by atoms with van der Waals surface area (Å²) in [6.45, 7) is 3.16. The van der Waals surface area contributed by atoms with Gasteiger partial charge in [0.1, 0.15) is 0 Å². The summed E-state index contributed by atoms with van der Waals surface area (Å²) in [4.78, 5) is 20.7. The fraction of sp³-hybridized carbons (Fsp3) is 0.667. The van der Waals surface area contributed by atoms with E-state index in [9.17, 15) is 4.79 Å². The fourth-order valence-electron chi connectivity index (χ4n) is 6.74. The van der Waals surface area contributed by atoms with E-state index in [0.29, 0.717) is 22.2 Å². The van der Waals surface area contributed by atoms with Crippen LogP contribution in [0.4, 0.5) is 5.69 Å². The molecule has 176 valence electrons. The highest BCUT2D eigenvalue weighted by Gasteiger charge is 2.51. The third-order valence-electron chi connectivity index (χ3n) is 7.46. The fourth-order valence-corrected chi connectivity index (χ4v) is 8.57. The molecule has 4 nitrogen and oxygen atoms in total. The van der Waals surface area contributed by atoms with Gasteiger partial charge in [0.25, 0.3) is 0 Å². The molecular formula is C24H32Cl3N3OS. The van der Waals surface area contributed by atoms with E-state index >= 15 is 0 Å². The highest BCUT2D eigenvalue weighted by atomic mass is 35.5. The van der Waals surface area contributed by atoms with Crippen molar-refractivity contribution in [1.29, 1.82) is 0 Å². The Morgan fingerprint density at radius 3 is 2.28 bits per heavy atom. The summed E-state index contributed by atoms with van der Waals surface area (Å²) in [6.07, 6.45) is 9.67. The van der Waals surface area contributed by atoms with Crippen LogP contribution in [0.15, 0.2) is 23.2 Å². The van der Waals surface area contributed by atoms with E-state index in [0.717, 1.165) is 36.5 Å². The van der Waals surface area contributed by atoms with E-state index in [2.05, 4.69) is 17.1 Å². The predicted octanol–water partition coefficient (Wildman–Crippen LogP) is 6.90.